The fraction of sp³-hybridized carbons (Fsp3) is 0.533. The maximum Gasteiger partial charge on any atom is 0.257 e. The third-order valence-electron chi connectivity index (χ3n) is 5.08. The zero-order chi connectivity index (χ0) is 14.7. The highest BCUT2D eigenvalue weighted by Gasteiger charge is 2.42. The molecule has 0 aromatic heterocycles. The standard InChI is InChI=1S/C15H17BrN2O3/c16-10-3-8-11(17-15(21)14(8)20)4-12(10)18-5-7-1-2-13(19)9(7)6-18/h3-4,7,9,13-14,19-20H,1-2,5-6H2,(H,17,21). The SMILES string of the molecule is O=C1Nc2cc(N3CC4CCC(O)C4C3)c(Br)cc2C1O. The van der Waals surface area contributed by atoms with Gasteiger partial charge in [-0.05, 0) is 46.8 Å². The third kappa shape index (κ3) is 2.00. The van der Waals surface area contributed by atoms with Crippen LogP contribution in [-0.2, 0) is 4.79 Å². The van der Waals surface area contributed by atoms with Crippen LogP contribution in [0.3, 0.4) is 0 Å². The van der Waals surface area contributed by atoms with Crippen LogP contribution in [0.4, 0.5) is 11.4 Å². The first-order valence-corrected chi connectivity index (χ1v) is 8.09. The van der Waals surface area contributed by atoms with E-state index in [4.69, 9.17) is 0 Å². The van der Waals surface area contributed by atoms with E-state index in [1.165, 1.54) is 0 Å². The molecule has 112 valence electrons. The highest BCUT2D eigenvalue weighted by atomic mass is 79.9. The fourth-order valence-electron chi connectivity index (χ4n) is 3.93. The summed E-state index contributed by atoms with van der Waals surface area (Å²) in [5.74, 6) is 0.536. The van der Waals surface area contributed by atoms with Crippen LogP contribution >= 0.6 is 15.9 Å². The summed E-state index contributed by atoms with van der Waals surface area (Å²) in [6, 6.07) is 3.73. The average molecular weight is 353 g/mol. The lowest BCUT2D eigenvalue weighted by molar-refractivity contribution is -0.123. The summed E-state index contributed by atoms with van der Waals surface area (Å²) >= 11 is 3.55. The van der Waals surface area contributed by atoms with Crippen molar-refractivity contribution in [3.05, 3.63) is 22.2 Å². The Labute approximate surface area is 131 Å². The Balaban J connectivity index is 1.65. The van der Waals surface area contributed by atoms with Gasteiger partial charge in [0.25, 0.3) is 5.91 Å². The molecule has 2 fully saturated rings. The number of fused-ring (bicyclic) bond motifs is 2. The highest BCUT2D eigenvalue weighted by Crippen LogP contribution is 2.44. The number of anilines is 2. The number of halogens is 1. The first-order chi connectivity index (χ1) is 10.0. The van der Waals surface area contributed by atoms with Gasteiger partial charge in [0.05, 0.1) is 11.8 Å². The van der Waals surface area contributed by atoms with E-state index in [0.29, 0.717) is 23.1 Å². The van der Waals surface area contributed by atoms with Crippen molar-refractivity contribution in [3.8, 4) is 0 Å². The molecule has 3 aliphatic rings. The van der Waals surface area contributed by atoms with Crippen molar-refractivity contribution < 1.29 is 15.0 Å². The molecule has 4 rings (SSSR count). The summed E-state index contributed by atoms with van der Waals surface area (Å²) < 4.78 is 0.881. The van der Waals surface area contributed by atoms with Gasteiger partial charge in [-0.2, -0.15) is 0 Å². The predicted molar refractivity (Wildman–Crippen MR) is 82.2 cm³/mol. The summed E-state index contributed by atoms with van der Waals surface area (Å²) in [5, 5.41) is 22.6. The minimum Gasteiger partial charge on any atom is -0.393 e. The smallest absolute Gasteiger partial charge is 0.257 e. The van der Waals surface area contributed by atoms with Crippen molar-refractivity contribution in [2.45, 2.75) is 25.0 Å². The molecular formula is C15H17BrN2O3. The van der Waals surface area contributed by atoms with Crippen molar-refractivity contribution in [1.82, 2.24) is 0 Å². The first kappa shape index (κ1) is 13.5. The molecule has 1 saturated heterocycles. The molecule has 0 bridgehead atoms. The third-order valence-corrected chi connectivity index (χ3v) is 5.71. The van der Waals surface area contributed by atoms with Gasteiger partial charge in [0.15, 0.2) is 6.10 Å². The molecule has 4 atom stereocenters. The maximum absolute atomic E-state index is 11.6. The van der Waals surface area contributed by atoms with Gasteiger partial charge in [0.2, 0.25) is 0 Å². The van der Waals surface area contributed by atoms with E-state index in [-0.39, 0.29) is 12.0 Å². The van der Waals surface area contributed by atoms with Crippen LogP contribution in [0.15, 0.2) is 16.6 Å². The van der Waals surface area contributed by atoms with E-state index >= 15 is 0 Å². The van der Waals surface area contributed by atoms with E-state index in [0.717, 1.165) is 36.1 Å². The summed E-state index contributed by atoms with van der Waals surface area (Å²) in [5.41, 5.74) is 2.32. The number of hydrogen-bond donors (Lipinski definition) is 3. The molecule has 0 radical (unpaired) electrons. The van der Waals surface area contributed by atoms with Crippen molar-refractivity contribution in [2.75, 3.05) is 23.3 Å². The second-order valence-corrected chi connectivity index (χ2v) is 7.11. The highest BCUT2D eigenvalue weighted by molar-refractivity contribution is 9.10. The number of amides is 1. The molecular weight excluding hydrogens is 336 g/mol. The molecule has 2 aliphatic heterocycles. The molecule has 1 amide bonds. The number of nitrogens with zero attached hydrogens (tertiary/aromatic N) is 1. The number of aliphatic hydroxyl groups is 2. The zero-order valence-corrected chi connectivity index (χ0v) is 13.0. The molecule has 21 heavy (non-hydrogen) atoms. The van der Waals surface area contributed by atoms with Crippen LogP contribution in [-0.4, -0.2) is 35.3 Å². The van der Waals surface area contributed by atoms with E-state index < -0.39 is 6.10 Å². The fourth-order valence-corrected chi connectivity index (χ4v) is 4.54. The number of benzene rings is 1. The van der Waals surface area contributed by atoms with Crippen molar-refractivity contribution >= 4 is 33.2 Å². The van der Waals surface area contributed by atoms with Crippen molar-refractivity contribution in [2.24, 2.45) is 11.8 Å². The van der Waals surface area contributed by atoms with Gasteiger partial charge in [-0.3, -0.25) is 4.79 Å². The molecule has 1 aromatic carbocycles. The maximum atomic E-state index is 11.6. The van der Waals surface area contributed by atoms with E-state index in [1.807, 2.05) is 12.1 Å². The summed E-state index contributed by atoms with van der Waals surface area (Å²) in [4.78, 5) is 13.8. The zero-order valence-electron chi connectivity index (χ0n) is 11.4. The topological polar surface area (TPSA) is 72.8 Å². The number of rotatable bonds is 1. The van der Waals surface area contributed by atoms with E-state index in [9.17, 15) is 15.0 Å². The summed E-state index contributed by atoms with van der Waals surface area (Å²) in [7, 11) is 0. The van der Waals surface area contributed by atoms with Gasteiger partial charge in [-0.15, -0.1) is 0 Å². The Morgan fingerprint density at radius 3 is 2.81 bits per heavy atom. The van der Waals surface area contributed by atoms with E-state index in [2.05, 4.69) is 26.1 Å². The van der Waals surface area contributed by atoms with Crippen LogP contribution in [0.1, 0.15) is 24.5 Å². The Morgan fingerprint density at radius 1 is 1.24 bits per heavy atom. The van der Waals surface area contributed by atoms with Crippen LogP contribution in [0, 0.1) is 11.8 Å². The van der Waals surface area contributed by atoms with Crippen LogP contribution in [0.5, 0.6) is 0 Å². The Morgan fingerprint density at radius 2 is 2.05 bits per heavy atom. The number of nitrogens with one attached hydrogen (secondary N) is 1. The van der Waals surface area contributed by atoms with Crippen molar-refractivity contribution in [1.29, 1.82) is 0 Å². The lowest BCUT2D eigenvalue weighted by Crippen LogP contribution is -2.24. The number of hydrogen-bond acceptors (Lipinski definition) is 4. The molecule has 0 spiro atoms. The van der Waals surface area contributed by atoms with Gasteiger partial charge in [-0.1, -0.05) is 0 Å². The summed E-state index contributed by atoms with van der Waals surface area (Å²) in [6.45, 7) is 1.79. The molecule has 1 aliphatic carbocycles. The first-order valence-electron chi connectivity index (χ1n) is 7.30. The average Bonchev–Trinajstić information content (AvgIpc) is 3.08. The Bertz CT molecular complexity index is 621. The lowest BCUT2D eigenvalue weighted by atomic mass is 10.00. The largest absolute Gasteiger partial charge is 0.393 e. The number of carbonyl (C=O) groups is 1. The van der Waals surface area contributed by atoms with Gasteiger partial charge in [0.1, 0.15) is 0 Å². The van der Waals surface area contributed by atoms with Crippen molar-refractivity contribution in [3.63, 3.8) is 0 Å². The normalized spacial score (nSPS) is 34.0. The second kappa shape index (κ2) is 4.69. The molecule has 5 nitrogen and oxygen atoms in total. The molecule has 3 N–H and O–H groups in total. The number of aliphatic hydroxyl groups excluding tert-OH is 2. The molecule has 4 unspecified atom stereocenters. The van der Waals surface area contributed by atoms with Crippen LogP contribution in [0.2, 0.25) is 0 Å². The van der Waals surface area contributed by atoms with Crippen LogP contribution in [0.25, 0.3) is 0 Å². The quantitative estimate of drug-likeness (QED) is 0.718. The van der Waals surface area contributed by atoms with Gasteiger partial charge in [0, 0.05) is 34.7 Å². The predicted octanol–water partition coefficient (Wildman–Crippen LogP) is 1.64. The molecule has 1 aromatic rings. The van der Waals surface area contributed by atoms with Gasteiger partial charge in [-0.25, -0.2) is 0 Å². The Kier molecular flexibility index (Phi) is 3.03. The molecule has 6 heteroatoms. The van der Waals surface area contributed by atoms with Crippen LogP contribution < -0.4 is 10.2 Å². The van der Waals surface area contributed by atoms with Gasteiger partial charge < -0.3 is 20.4 Å². The van der Waals surface area contributed by atoms with E-state index in [1.54, 1.807) is 0 Å². The second-order valence-electron chi connectivity index (χ2n) is 6.26. The molecule has 1 saturated carbocycles. The van der Waals surface area contributed by atoms with Gasteiger partial charge >= 0.3 is 0 Å². The molecule has 2 heterocycles. The monoisotopic (exact) mass is 352 g/mol. The minimum atomic E-state index is -1.08. The summed E-state index contributed by atoms with van der Waals surface area (Å²) in [6.07, 6.45) is 0.733. The minimum absolute atomic E-state index is 0.185. The Hall–Kier alpha value is -1.11. The number of carbonyl (C=O) groups excluding carboxylic acids is 1. The lowest BCUT2D eigenvalue weighted by Gasteiger charge is -2.23.